The molecule has 23 heavy (non-hydrogen) atoms. The second-order valence-corrected chi connectivity index (χ2v) is 7.26. The van der Waals surface area contributed by atoms with Crippen LogP contribution in [0.25, 0.3) is 11.1 Å². The fourth-order valence-electron chi connectivity index (χ4n) is 2.05. The molecule has 6 nitrogen and oxygen atoms in total. The maximum Gasteiger partial charge on any atom is 0.417 e. The number of benzene rings is 2. The lowest BCUT2D eigenvalue weighted by molar-refractivity contribution is 0.553. The first kappa shape index (κ1) is 16.1. The van der Waals surface area contributed by atoms with Crippen LogP contribution in [0.2, 0.25) is 10.0 Å². The predicted octanol–water partition coefficient (Wildman–Crippen LogP) is 2.91. The lowest BCUT2D eigenvalue weighted by atomic mass is 10.2. The van der Waals surface area contributed by atoms with E-state index in [1.807, 2.05) is 0 Å². The molecule has 3 aromatic rings. The lowest BCUT2D eigenvalue weighted by Crippen LogP contribution is -2.23. The third kappa shape index (κ3) is 3.28. The third-order valence-corrected chi connectivity index (χ3v) is 5.41. The number of H-pyrrole nitrogens is 1. The van der Waals surface area contributed by atoms with E-state index in [2.05, 4.69) is 9.71 Å². The fourth-order valence-corrected chi connectivity index (χ4v) is 3.80. The second-order valence-electron chi connectivity index (χ2n) is 4.71. The molecule has 2 aromatic carbocycles. The van der Waals surface area contributed by atoms with Gasteiger partial charge in [-0.15, -0.1) is 0 Å². The Bertz CT molecular complexity index is 1040. The summed E-state index contributed by atoms with van der Waals surface area (Å²) < 4.78 is 32.1. The number of rotatable bonds is 4. The second kappa shape index (κ2) is 6.01. The van der Waals surface area contributed by atoms with E-state index in [1.165, 1.54) is 12.1 Å². The maximum absolute atomic E-state index is 12.4. The van der Waals surface area contributed by atoms with Crippen LogP contribution in [-0.2, 0) is 16.6 Å². The zero-order chi connectivity index (χ0) is 16.6. The molecule has 0 aliphatic carbocycles. The van der Waals surface area contributed by atoms with E-state index in [0.29, 0.717) is 16.1 Å². The van der Waals surface area contributed by atoms with Gasteiger partial charge in [-0.2, -0.15) is 0 Å². The first-order chi connectivity index (χ1) is 10.9. The molecule has 0 aliphatic heterocycles. The van der Waals surface area contributed by atoms with E-state index < -0.39 is 15.8 Å². The molecule has 0 aliphatic rings. The molecule has 3 rings (SSSR count). The van der Waals surface area contributed by atoms with Gasteiger partial charge in [0.2, 0.25) is 10.0 Å². The third-order valence-electron chi connectivity index (χ3n) is 3.17. The monoisotopic (exact) mass is 372 g/mol. The van der Waals surface area contributed by atoms with E-state index in [0.717, 1.165) is 0 Å². The largest absolute Gasteiger partial charge is 0.417 e. The van der Waals surface area contributed by atoms with Crippen molar-refractivity contribution in [3.8, 4) is 0 Å². The van der Waals surface area contributed by atoms with Crippen molar-refractivity contribution in [3.05, 3.63) is 62.6 Å². The highest BCUT2D eigenvalue weighted by Crippen LogP contribution is 2.26. The smallest absolute Gasteiger partial charge is 0.408 e. The van der Waals surface area contributed by atoms with Gasteiger partial charge in [0.1, 0.15) is 4.90 Å². The van der Waals surface area contributed by atoms with Crippen molar-refractivity contribution in [1.29, 1.82) is 0 Å². The number of hydrogen-bond acceptors (Lipinski definition) is 4. The van der Waals surface area contributed by atoms with Gasteiger partial charge < -0.3 is 4.42 Å². The Morgan fingerprint density at radius 1 is 1.13 bits per heavy atom. The standard InChI is InChI=1S/C14H10Cl2N2O4S/c15-9-4-2-1-3-8(9)7-17-23(20,21)13-6-12-11(5-10(13)16)18-14(19)22-12/h1-6,17H,7H2,(H,18,19). The number of halogens is 2. The molecule has 120 valence electrons. The molecule has 1 heterocycles. The molecule has 0 bridgehead atoms. The van der Waals surface area contributed by atoms with Crippen LogP contribution in [0.4, 0.5) is 0 Å². The van der Waals surface area contributed by atoms with Crippen molar-refractivity contribution in [2.45, 2.75) is 11.4 Å². The number of aromatic amines is 1. The molecule has 0 amide bonds. The van der Waals surface area contributed by atoms with Crippen LogP contribution in [0.1, 0.15) is 5.56 Å². The van der Waals surface area contributed by atoms with Crippen LogP contribution in [0.5, 0.6) is 0 Å². The molecular formula is C14H10Cl2N2O4S. The van der Waals surface area contributed by atoms with E-state index in [9.17, 15) is 13.2 Å². The molecule has 2 N–H and O–H groups in total. The van der Waals surface area contributed by atoms with Gasteiger partial charge >= 0.3 is 5.76 Å². The summed E-state index contributed by atoms with van der Waals surface area (Å²) in [5, 5.41) is 0.426. The Labute approximate surface area is 141 Å². The fraction of sp³-hybridized carbons (Fsp3) is 0.0714. The zero-order valence-corrected chi connectivity index (χ0v) is 13.8. The average Bonchev–Trinajstić information content (AvgIpc) is 2.84. The van der Waals surface area contributed by atoms with Crippen LogP contribution >= 0.6 is 23.2 Å². The van der Waals surface area contributed by atoms with E-state index in [-0.39, 0.29) is 22.0 Å². The zero-order valence-electron chi connectivity index (χ0n) is 11.5. The Morgan fingerprint density at radius 3 is 2.61 bits per heavy atom. The van der Waals surface area contributed by atoms with Crippen LogP contribution in [0, 0.1) is 0 Å². The number of hydrogen-bond donors (Lipinski definition) is 2. The minimum absolute atomic E-state index is 0.00740. The van der Waals surface area contributed by atoms with Crippen LogP contribution in [-0.4, -0.2) is 13.4 Å². The highest BCUT2D eigenvalue weighted by atomic mass is 35.5. The SMILES string of the molecule is O=c1[nH]c2cc(Cl)c(S(=O)(=O)NCc3ccccc3Cl)cc2o1. The normalized spacial score (nSPS) is 11.9. The van der Waals surface area contributed by atoms with Crippen molar-refractivity contribution in [1.82, 2.24) is 9.71 Å². The van der Waals surface area contributed by atoms with Gasteiger partial charge in [0, 0.05) is 17.6 Å². The van der Waals surface area contributed by atoms with Gasteiger partial charge in [-0.05, 0) is 17.7 Å². The summed E-state index contributed by atoms with van der Waals surface area (Å²) in [6.45, 7) is 0.00740. The van der Waals surface area contributed by atoms with Gasteiger partial charge in [0.05, 0.1) is 10.5 Å². The molecule has 0 atom stereocenters. The van der Waals surface area contributed by atoms with Gasteiger partial charge in [-0.3, -0.25) is 4.98 Å². The molecule has 0 fully saturated rings. The quantitative estimate of drug-likeness (QED) is 0.736. The molecule has 0 saturated heterocycles. The van der Waals surface area contributed by atoms with E-state index in [1.54, 1.807) is 24.3 Å². The summed E-state index contributed by atoms with van der Waals surface area (Å²) in [6, 6.07) is 9.40. The van der Waals surface area contributed by atoms with Gasteiger partial charge in [-0.1, -0.05) is 41.4 Å². The van der Waals surface area contributed by atoms with Crippen LogP contribution in [0.3, 0.4) is 0 Å². The Morgan fingerprint density at radius 2 is 1.87 bits per heavy atom. The molecule has 9 heteroatoms. The highest BCUT2D eigenvalue weighted by molar-refractivity contribution is 7.89. The minimum Gasteiger partial charge on any atom is -0.408 e. The van der Waals surface area contributed by atoms with Gasteiger partial charge in [0.25, 0.3) is 0 Å². The van der Waals surface area contributed by atoms with E-state index in [4.69, 9.17) is 27.6 Å². The topological polar surface area (TPSA) is 92.2 Å². The van der Waals surface area contributed by atoms with Crippen molar-refractivity contribution in [3.63, 3.8) is 0 Å². The summed E-state index contributed by atoms with van der Waals surface area (Å²) in [5.74, 6) is -0.686. The molecule has 1 aromatic heterocycles. The predicted molar refractivity (Wildman–Crippen MR) is 87.3 cm³/mol. The lowest BCUT2D eigenvalue weighted by Gasteiger charge is -2.09. The maximum atomic E-state index is 12.4. The molecular weight excluding hydrogens is 363 g/mol. The van der Waals surface area contributed by atoms with Crippen molar-refractivity contribution in [2.75, 3.05) is 0 Å². The first-order valence-electron chi connectivity index (χ1n) is 6.42. The minimum atomic E-state index is -3.90. The summed E-state index contributed by atoms with van der Waals surface area (Å²) in [6.07, 6.45) is 0. The number of sulfonamides is 1. The summed E-state index contributed by atoms with van der Waals surface area (Å²) in [7, 11) is -3.90. The molecule has 0 unspecified atom stereocenters. The van der Waals surface area contributed by atoms with Gasteiger partial charge in [-0.25, -0.2) is 17.9 Å². The van der Waals surface area contributed by atoms with Crippen LogP contribution in [0.15, 0.2) is 50.5 Å². The molecule has 0 saturated carbocycles. The summed E-state index contributed by atoms with van der Waals surface area (Å²) in [5.41, 5.74) is 1.06. The number of aromatic nitrogens is 1. The van der Waals surface area contributed by atoms with E-state index >= 15 is 0 Å². The van der Waals surface area contributed by atoms with Crippen molar-refractivity contribution < 1.29 is 12.8 Å². The Hall–Kier alpha value is -1.80. The number of nitrogens with one attached hydrogen (secondary N) is 2. The average molecular weight is 373 g/mol. The van der Waals surface area contributed by atoms with Crippen molar-refractivity contribution >= 4 is 44.3 Å². The summed E-state index contributed by atoms with van der Waals surface area (Å²) >= 11 is 12.0. The van der Waals surface area contributed by atoms with Gasteiger partial charge in [0.15, 0.2) is 5.58 Å². The van der Waals surface area contributed by atoms with Crippen LogP contribution < -0.4 is 10.5 Å². The van der Waals surface area contributed by atoms with Crippen molar-refractivity contribution in [2.24, 2.45) is 0 Å². The number of fused-ring (bicyclic) bond motifs is 1. The first-order valence-corrected chi connectivity index (χ1v) is 8.66. The number of oxazole rings is 1. The summed E-state index contributed by atoms with van der Waals surface area (Å²) in [4.78, 5) is 13.4. The Balaban J connectivity index is 1.94. The Kier molecular flexibility index (Phi) is 4.20. The highest BCUT2D eigenvalue weighted by Gasteiger charge is 2.20. The molecule has 0 spiro atoms. The molecule has 0 radical (unpaired) electrons.